The van der Waals surface area contributed by atoms with Gasteiger partial charge >= 0.3 is 7.82 Å². The number of carbonyl (C=O) groups excluding carboxylic acids is 1. The molecule has 8 nitrogen and oxygen atoms in total. The standard InChI is InChI=1S/C56H109N2O6P/c1-6-8-10-12-14-16-18-20-21-22-23-24-25-26-27-28-29-30-31-32-33-34-35-36-37-38-40-42-44-46-48-50-56(60)57-54(53-64-65(61,62)63-52-51-58(3,4)5)55(59)49-47-45-43-41-39-19-17-15-13-11-9-7-2/h26-27,39,41,47,49,54-55,59H,6-25,28-38,40,42-46,48,50-53H2,1-5H3,(H-,57,60,61,62)/p+1/b27-26-,41-39+,49-47+. The summed E-state index contributed by atoms with van der Waals surface area (Å²) in [6.45, 7) is 4.80. The number of hydrogen-bond donors (Lipinski definition) is 3. The number of nitrogens with one attached hydrogen (secondary N) is 1. The molecule has 0 aliphatic rings. The quantitative estimate of drug-likeness (QED) is 0.0243. The molecule has 0 aromatic carbocycles. The van der Waals surface area contributed by atoms with Gasteiger partial charge in [0.25, 0.3) is 0 Å². The lowest BCUT2D eigenvalue weighted by Gasteiger charge is -2.25. The molecule has 0 radical (unpaired) electrons. The van der Waals surface area contributed by atoms with Crippen molar-refractivity contribution >= 4 is 13.7 Å². The third kappa shape index (κ3) is 50.4. The van der Waals surface area contributed by atoms with Gasteiger partial charge in [-0.05, 0) is 57.8 Å². The first kappa shape index (κ1) is 63.7. The van der Waals surface area contributed by atoms with E-state index >= 15 is 0 Å². The second-order valence-corrected chi connectivity index (χ2v) is 21.8. The lowest BCUT2D eigenvalue weighted by atomic mass is 10.0. The number of amides is 1. The average Bonchev–Trinajstić information content (AvgIpc) is 3.26. The second-order valence-electron chi connectivity index (χ2n) is 20.3. The van der Waals surface area contributed by atoms with Gasteiger partial charge in [-0.25, -0.2) is 4.57 Å². The molecule has 0 saturated heterocycles. The molecule has 0 aromatic heterocycles. The van der Waals surface area contributed by atoms with Crippen LogP contribution in [0.15, 0.2) is 36.5 Å². The van der Waals surface area contributed by atoms with Crippen LogP contribution in [0.3, 0.4) is 0 Å². The maximum Gasteiger partial charge on any atom is 0.472 e. The monoisotopic (exact) mass is 938 g/mol. The molecule has 3 atom stereocenters. The van der Waals surface area contributed by atoms with Crippen molar-refractivity contribution in [1.82, 2.24) is 5.32 Å². The maximum atomic E-state index is 12.9. The van der Waals surface area contributed by atoms with Gasteiger partial charge in [0.05, 0.1) is 39.9 Å². The zero-order chi connectivity index (χ0) is 47.8. The lowest BCUT2D eigenvalue weighted by Crippen LogP contribution is -2.45. The number of likely N-dealkylation sites (N-methyl/N-ethyl adjacent to an activating group) is 1. The first-order chi connectivity index (χ1) is 31.5. The number of phosphoric ester groups is 1. The normalized spacial score (nSPS) is 14.3. The molecule has 0 saturated carbocycles. The molecule has 0 aromatic rings. The summed E-state index contributed by atoms with van der Waals surface area (Å²) in [5.41, 5.74) is 0. The highest BCUT2D eigenvalue weighted by Gasteiger charge is 2.27. The van der Waals surface area contributed by atoms with E-state index in [0.29, 0.717) is 17.4 Å². The van der Waals surface area contributed by atoms with Crippen molar-refractivity contribution in [3.05, 3.63) is 36.5 Å². The van der Waals surface area contributed by atoms with Crippen LogP contribution in [0.2, 0.25) is 0 Å². The van der Waals surface area contributed by atoms with Crippen molar-refractivity contribution in [2.24, 2.45) is 0 Å². The zero-order valence-electron chi connectivity index (χ0n) is 43.7. The predicted molar refractivity (Wildman–Crippen MR) is 281 cm³/mol. The smallest absolute Gasteiger partial charge is 0.387 e. The van der Waals surface area contributed by atoms with E-state index in [9.17, 15) is 19.4 Å². The largest absolute Gasteiger partial charge is 0.472 e. The number of aliphatic hydroxyl groups excluding tert-OH is 1. The van der Waals surface area contributed by atoms with Crippen molar-refractivity contribution in [2.45, 2.75) is 276 Å². The third-order valence-electron chi connectivity index (χ3n) is 12.6. The number of rotatable bonds is 51. The number of allylic oxidation sites excluding steroid dienone is 5. The van der Waals surface area contributed by atoms with Crippen LogP contribution in [0.25, 0.3) is 0 Å². The van der Waals surface area contributed by atoms with Crippen LogP contribution in [-0.4, -0.2) is 73.4 Å². The Morgan fingerprint density at radius 1 is 0.508 bits per heavy atom. The van der Waals surface area contributed by atoms with E-state index in [2.05, 4.69) is 43.5 Å². The van der Waals surface area contributed by atoms with Gasteiger partial charge in [-0.1, -0.05) is 237 Å². The maximum absolute atomic E-state index is 12.9. The number of unbranched alkanes of at least 4 members (excludes halogenated alkanes) is 34. The Hall–Kier alpha value is -1.28. The molecule has 0 aliphatic heterocycles. The van der Waals surface area contributed by atoms with Crippen LogP contribution < -0.4 is 5.32 Å². The molecule has 384 valence electrons. The van der Waals surface area contributed by atoms with Gasteiger partial charge in [0.2, 0.25) is 5.91 Å². The molecule has 3 unspecified atom stereocenters. The highest BCUT2D eigenvalue weighted by Crippen LogP contribution is 2.43. The van der Waals surface area contributed by atoms with Crippen LogP contribution in [0.1, 0.15) is 264 Å². The fourth-order valence-electron chi connectivity index (χ4n) is 8.17. The molecule has 0 spiro atoms. The summed E-state index contributed by atoms with van der Waals surface area (Å²) in [7, 11) is 1.56. The molecule has 0 aliphatic carbocycles. The Balaban J connectivity index is 4.04. The minimum absolute atomic E-state index is 0.0569. The average molecular weight is 938 g/mol. The molecule has 1 amide bonds. The fourth-order valence-corrected chi connectivity index (χ4v) is 8.91. The van der Waals surface area contributed by atoms with Crippen molar-refractivity contribution < 1.29 is 32.9 Å². The minimum Gasteiger partial charge on any atom is -0.387 e. The predicted octanol–water partition coefficient (Wildman–Crippen LogP) is 16.6. The van der Waals surface area contributed by atoms with E-state index in [1.165, 1.54) is 205 Å². The summed E-state index contributed by atoms with van der Waals surface area (Å²) in [6.07, 6.45) is 61.2. The Labute approximate surface area is 404 Å². The van der Waals surface area contributed by atoms with Gasteiger partial charge in [0.15, 0.2) is 0 Å². The molecular formula is C56H110N2O6P+. The highest BCUT2D eigenvalue weighted by atomic mass is 31.2. The fraction of sp³-hybridized carbons (Fsp3) is 0.875. The Morgan fingerprint density at radius 3 is 1.23 bits per heavy atom. The summed E-state index contributed by atoms with van der Waals surface area (Å²) in [6, 6.07) is -0.861. The van der Waals surface area contributed by atoms with E-state index in [1.807, 2.05) is 27.2 Å². The Kier molecular flexibility index (Phi) is 46.8. The van der Waals surface area contributed by atoms with E-state index in [-0.39, 0.29) is 19.1 Å². The van der Waals surface area contributed by atoms with E-state index in [1.54, 1.807) is 6.08 Å². The van der Waals surface area contributed by atoms with Crippen LogP contribution in [-0.2, 0) is 18.4 Å². The van der Waals surface area contributed by atoms with Crippen molar-refractivity contribution in [1.29, 1.82) is 0 Å². The number of nitrogens with zero attached hydrogens (tertiary/aromatic N) is 1. The van der Waals surface area contributed by atoms with E-state index in [0.717, 1.165) is 38.5 Å². The number of aliphatic hydroxyl groups is 1. The van der Waals surface area contributed by atoms with Gasteiger partial charge in [-0.2, -0.15) is 0 Å². The highest BCUT2D eigenvalue weighted by molar-refractivity contribution is 7.47. The van der Waals surface area contributed by atoms with Crippen LogP contribution in [0.5, 0.6) is 0 Å². The zero-order valence-corrected chi connectivity index (χ0v) is 44.6. The lowest BCUT2D eigenvalue weighted by molar-refractivity contribution is -0.870. The first-order valence-corrected chi connectivity index (χ1v) is 29.4. The molecule has 0 rings (SSSR count). The van der Waals surface area contributed by atoms with Gasteiger partial charge in [0.1, 0.15) is 13.2 Å². The Morgan fingerprint density at radius 2 is 0.846 bits per heavy atom. The summed E-state index contributed by atoms with van der Waals surface area (Å²) in [5, 5.41) is 13.8. The van der Waals surface area contributed by atoms with E-state index < -0.39 is 20.0 Å². The van der Waals surface area contributed by atoms with Crippen molar-refractivity contribution in [3.8, 4) is 0 Å². The molecule has 0 heterocycles. The summed E-state index contributed by atoms with van der Waals surface area (Å²) in [4.78, 5) is 23.2. The third-order valence-corrected chi connectivity index (χ3v) is 13.6. The second kappa shape index (κ2) is 47.8. The SMILES string of the molecule is CCCCCCCC/C=C/CC/C=C/C(O)C(COP(=O)(O)OCC[N+](C)(C)C)NC(=O)CCCCCCCCCCCCCCCCC/C=C\CCCCCCCCCCCCCC. The number of quaternary nitrogens is 1. The molecule has 3 N–H and O–H groups in total. The Bertz CT molecular complexity index is 1150. The van der Waals surface area contributed by atoms with Crippen LogP contribution in [0.4, 0.5) is 0 Å². The van der Waals surface area contributed by atoms with E-state index in [4.69, 9.17) is 9.05 Å². The number of phosphoric acid groups is 1. The molecule has 9 heteroatoms. The number of carbonyl (C=O) groups is 1. The van der Waals surface area contributed by atoms with Crippen LogP contribution in [0, 0.1) is 0 Å². The summed E-state index contributed by atoms with van der Waals surface area (Å²) < 4.78 is 23.6. The van der Waals surface area contributed by atoms with Crippen molar-refractivity contribution in [3.63, 3.8) is 0 Å². The van der Waals surface area contributed by atoms with Gasteiger partial charge < -0.3 is 19.8 Å². The minimum atomic E-state index is -4.35. The number of hydrogen-bond acceptors (Lipinski definition) is 5. The van der Waals surface area contributed by atoms with Gasteiger partial charge in [0, 0.05) is 6.42 Å². The molecule has 65 heavy (non-hydrogen) atoms. The summed E-state index contributed by atoms with van der Waals surface area (Å²) >= 11 is 0. The summed E-state index contributed by atoms with van der Waals surface area (Å²) in [5.74, 6) is -0.185. The molecule has 0 fully saturated rings. The van der Waals surface area contributed by atoms with Crippen molar-refractivity contribution in [2.75, 3.05) is 40.9 Å². The van der Waals surface area contributed by atoms with Crippen LogP contribution >= 0.6 is 7.82 Å². The van der Waals surface area contributed by atoms with Gasteiger partial charge in [-0.15, -0.1) is 0 Å². The topological polar surface area (TPSA) is 105 Å². The van der Waals surface area contributed by atoms with Gasteiger partial charge in [-0.3, -0.25) is 13.8 Å². The molecular weight excluding hydrogens is 828 g/mol. The molecule has 0 bridgehead atoms. The first-order valence-electron chi connectivity index (χ1n) is 27.9.